The van der Waals surface area contributed by atoms with Crippen molar-refractivity contribution in [3.8, 4) is 5.75 Å². The van der Waals surface area contributed by atoms with E-state index >= 15 is 0 Å². The monoisotopic (exact) mass is 333 g/mol. The molecule has 0 amide bonds. The summed E-state index contributed by atoms with van der Waals surface area (Å²) in [6.07, 6.45) is 4.46. The van der Waals surface area contributed by atoms with E-state index in [0.29, 0.717) is 6.42 Å². The highest BCUT2D eigenvalue weighted by atomic mass is 16.3. The number of hydrogen-bond acceptors (Lipinski definition) is 3. The van der Waals surface area contributed by atoms with Crippen molar-refractivity contribution < 1.29 is 9.90 Å². The topological polar surface area (TPSA) is 40.5 Å². The van der Waals surface area contributed by atoms with Crippen LogP contribution in [0.3, 0.4) is 0 Å². The molecule has 1 saturated carbocycles. The second kappa shape index (κ2) is 6.16. The van der Waals surface area contributed by atoms with E-state index in [4.69, 9.17) is 0 Å². The molecule has 128 valence electrons. The molecule has 3 nitrogen and oxygen atoms in total. The van der Waals surface area contributed by atoms with E-state index in [1.165, 1.54) is 0 Å². The van der Waals surface area contributed by atoms with Crippen molar-refractivity contribution in [2.75, 3.05) is 13.6 Å². The van der Waals surface area contributed by atoms with E-state index in [0.717, 1.165) is 36.1 Å². The van der Waals surface area contributed by atoms with E-state index in [9.17, 15) is 9.90 Å². The lowest BCUT2D eigenvalue weighted by molar-refractivity contribution is -0.120. The number of likely N-dealkylation sites (tertiary alicyclic amines) is 1. The SMILES string of the molecule is CN1CC[C@]2(c3cccc(O)c3)CC(=O)/C(=C/c3ccccc3)[C@H]1C2. The summed E-state index contributed by atoms with van der Waals surface area (Å²) in [7, 11) is 2.11. The molecule has 2 fully saturated rings. The highest BCUT2D eigenvalue weighted by Gasteiger charge is 2.48. The Hall–Kier alpha value is -2.39. The normalized spacial score (nSPS) is 28.3. The van der Waals surface area contributed by atoms with E-state index in [1.54, 1.807) is 6.07 Å². The molecule has 2 aromatic carbocycles. The number of benzene rings is 2. The number of Topliss-reactive ketones (excluding diaryl/α,β-unsaturated/α-hetero) is 1. The fourth-order valence-corrected chi connectivity index (χ4v) is 4.38. The molecular formula is C22H23NO2. The first-order valence-electron chi connectivity index (χ1n) is 8.87. The number of likely N-dealkylation sites (N-methyl/N-ethyl adjacent to an activating group) is 1. The van der Waals surface area contributed by atoms with Crippen LogP contribution in [0.15, 0.2) is 60.2 Å². The van der Waals surface area contributed by atoms with Gasteiger partial charge in [-0.1, -0.05) is 42.5 Å². The molecule has 0 aromatic heterocycles. The number of fused-ring (bicyclic) bond motifs is 2. The zero-order valence-electron chi connectivity index (χ0n) is 14.5. The smallest absolute Gasteiger partial charge is 0.161 e. The Labute approximate surface area is 148 Å². The third-order valence-electron chi connectivity index (χ3n) is 5.82. The Morgan fingerprint density at radius 1 is 1.16 bits per heavy atom. The van der Waals surface area contributed by atoms with Crippen molar-refractivity contribution in [1.82, 2.24) is 4.90 Å². The summed E-state index contributed by atoms with van der Waals surface area (Å²) in [6, 6.07) is 17.7. The quantitative estimate of drug-likeness (QED) is 0.850. The highest BCUT2D eigenvalue weighted by Crippen LogP contribution is 2.47. The first-order valence-corrected chi connectivity index (χ1v) is 8.87. The Bertz CT molecular complexity index is 827. The van der Waals surface area contributed by atoms with Crippen LogP contribution in [0.5, 0.6) is 5.75 Å². The molecule has 2 bridgehead atoms. The summed E-state index contributed by atoms with van der Waals surface area (Å²) in [6.45, 7) is 0.958. The zero-order chi connectivity index (χ0) is 17.4. The Morgan fingerprint density at radius 2 is 1.96 bits per heavy atom. The molecule has 4 rings (SSSR count). The third kappa shape index (κ3) is 2.89. The van der Waals surface area contributed by atoms with Crippen LogP contribution in [-0.2, 0) is 10.2 Å². The van der Waals surface area contributed by atoms with E-state index in [1.807, 2.05) is 42.5 Å². The molecule has 0 unspecified atom stereocenters. The average molecular weight is 333 g/mol. The number of phenols is 1. The predicted octanol–water partition coefficient (Wildman–Crippen LogP) is 3.78. The lowest BCUT2D eigenvalue weighted by atomic mass is 9.61. The van der Waals surface area contributed by atoms with Gasteiger partial charge >= 0.3 is 0 Å². The number of phenolic OH excluding ortho intramolecular Hbond substituents is 1. The molecule has 1 saturated heterocycles. The first kappa shape index (κ1) is 16.1. The minimum absolute atomic E-state index is 0.137. The van der Waals surface area contributed by atoms with Crippen LogP contribution >= 0.6 is 0 Å². The molecule has 1 heterocycles. The lowest BCUT2D eigenvalue weighted by Gasteiger charge is -2.50. The number of carbonyl (C=O) groups excluding carboxylic acids is 1. The number of carbonyl (C=O) groups is 1. The molecule has 25 heavy (non-hydrogen) atoms. The number of hydrogen-bond donors (Lipinski definition) is 1. The van der Waals surface area contributed by atoms with Crippen LogP contribution in [0.25, 0.3) is 6.08 Å². The van der Waals surface area contributed by atoms with Gasteiger partial charge in [0.15, 0.2) is 5.78 Å². The van der Waals surface area contributed by atoms with Crippen LogP contribution in [0.4, 0.5) is 0 Å². The Balaban J connectivity index is 1.74. The minimum Gasteiger partial charge on any atom is -0.508 e. The van der Waals surface area contributed by atoms with Crippen molar-refractivity contribution >= 4 is 11.9 Å². The van der Waals surface area contributed by atoms with Crippen molar-refractivity contribution in [2.45, 2.75) is 30.7 Å². The molecule has 3 heteroatoms. The molecule has 1 N–H and O–H groups in total. The molecular weight excluding hydrogens is 310 g/mol. The maximum atomic E-state index is 13.1. The van der Waals surface area contributed by atoms with E-state index < -0.39 is 0 Å². The molecule has 2 aromatic rings. The number of nitrogens with zero attached hydrogens (tertiary/aromatic N) is 1. The Morgan fingerprint density at radius 3 is 2.72 bits per heavy atom. The van der Waals surface area contributed by atoms with Gasteiger partial charge in [-0.25, -0.2) is 0 Å². The van der Waals surface area contributed by atoms with Gasteiger partial charge in [0.1, 0.15) is 5.75 Å². The number of rotatable bonds is 2. The van der Waals surface area contributed by atoms with Crippen molar-refractivity contribution in [2.24, 2.45) is 0 Å². The second-order valence-corrected chi connectivity index (χ2v) is 7.39. The summed E-state index contributed by atoms with van der Waals surface area (Å²) in [4.78, 5) is 15.4. The van der Waals surface area contributed by atoms with Gasteiger partial charge in [-0.05, 0) is 55.8 Å². The van der Waals surface area contributed by atoms with Crippen LogP contribution in [0.1, 0.15) is 30.4 Å². The van der Waals surface area contributed by atoms with Crippen LogP contribution < -0.4 is 0 Å². The largest absolute Gasteiger partial charge is 0.508 e. The maximum absolute atomic E-state index is 13.1. The fourth-order valence-electron chi connectivity index (χ4n) is 4.38. The average Bonchev–Trinajstić information content (AvgIpc) is 2.62. The van der Waals surface area contributed by atoms with Gasteiger partial charge in [-0.3, -0.25) is 9.69 Å². The summed E-state index contributed by atoms with van der Waals surface area (Å²) < 4.78 is 0. The predicted molar refractivity (Wildman–Crippen MR) is 99.5 cm³/mol. The van der Waals surface area contributed by atoms with Crippen LogP contribution in [0.2, 0.25) is 0 Å². The Kier molecular flexibility index (Phi) is 3.97. The second-order valence-electron chi connectivity index (χ2n) is 7.39. The molecule has 0 spiro atoms. The highest BCUT2D eigenvalue weighted by molar-refractivity contribution is 6.02. The molecule has 1 aliphatic carbocycles. The summed E-state index contributed by atoms with van der Waals surface area (Å²) in [5, 5.41) is 9.90. The van der Waals surface area contributed by atoms with Gasteiger partial charge in [0.25, 0.3) is 0 Å². The molecule has 1 aliphatic heterocycles. The summed E-state index contributed by atoms with van der Waals surface area (Å²) >= 11 is 0. The van der Waals surface area contributed by atoms with E-state index in [2.05, 4.69) is 24.1 Å². The lowest BCUT2D eigenvalue weighted by Crippen LogP contribution is -2.53. The number of ketones is 1. The van der Waals surface area contributed by atoms with Gasteiger partial charge in [-0.15, -0.1) is 0 Å². The van der Waals surface area contributed by atoms with Gasteiger partial charge in [0, 0.05) is 23.5 Å². The van der Waals surface area contributed by atoms with Gasteiger partial charge in [0.05, 0.1) is 0 Å². The number of aromatic hydroxyl groups is 1. The third-order valence-corrected chi connectivity index (χ3v) is 5.82. The zero-order valence-corrected chi connectivity index (χ0v) is 14.5. The summed E-state index contributed by atoms with van der Waals surface area (Å²) in [5.74, 6) is 0.510. The van der Waals surface area contributed by atoms with Crippen molar-refractivity contribution in [3.05, 3.63) is 71.3 Å². The standard InChI is InChI=1S/C22H23NO2/c1-23-11-10-22(17-8-5-9-18(24)13-17)14-20(23)19(21(25)15-22)12-16-6-3-2-4-7-16/h2-9,12-13,20,24H,10-11,14-15H2,1H3/b19-12+/t20-,22-/m1/s1. The molecule has 0 radical (unpaired) electrons. The van der Waals surface area contributed by atoms with Crippen molar-refractivity contribution in [3.63, 3.8) is 0 Å². The van der Waals surface area contributed by atoms with Crippen LogP contribution in [-0.4, -0.2) is 35.4 Å². The molecule has 2 atom stereocenters. The van der Waals surface area contributed by atoms with Gasteiger partial charge < -0.3 is 5.11 Å². The van der Waals surface area contributed by atoms with Gasteiger partial charge in [-0.2, -0.15) is 0 Å². The van der Waals surface area contributed by atoms with E-state index in [-0.39, 0.29) is 23.0 Å². The van der Waals surface area contributed by atoms with Gasteiger partial charge in [0.2, 0.25) is 0 Å². The number of piperidine rings is 1. The summed E-state index contributed by atoms with van der Waals surface area (Å²) in [5.41, 5.74) is 2.94. The first-order chi connectivity index (χ1) is 12.1. The molecule has 2 aliphatic rings. The van der Waals surface area contributed by atoms with Crippen molar-refractivity contribution in [1.29, 1.82) is 0 Å². The maximum Gasteiger partial charge on any atom is 0.161 e. The minimum atomic E-state index is -0.152. The van der Waals surface area contributed by atoms with Crippen LogP contribution in [0, 0.1) is 0 Å². The fraction of sp³-hybridized carbons (Fsp3) is 0.318.